The van der Waals surface area contributed by atoms with E-state index < -0.39 is 0 Å². The number of aromatic nitrogens is 2. The highest BCUT2D eigenvalue weighted by Crippen LogP contribution is 2.24. The van der Waals surface area contributed by atoms with Crippen LogP contribution in [0.3, 0.4) is 0 Å². The Balaban J connectivity index is 2.09. The van der Waals surface area contributed by atoms with Crippen LogP contribution in [0.4, 0.5) is 0 Å². The predicted octanol–water partition coefficient (Wildman–Crippen LogP) is 1.61. The van der Waals surface area contributed by atoms with E-state index in [1.165, 1.54) is 13.0 Å². The van der Waals surface area contributed by atoms with Gasteiger partial charge < -0.3 is 9.88 Å². The second-order valence-electron chi connectivity index (χ2n) is 3.63. The van der Waals surface area contributed by atoms with Gasteiger partial charge in [0.05, 0.1) is 12.0 Å². The molecule has 2 rings (SSSR count). The maximum atomic E-state index is 7.41. The number of rotatable bonds is 2. The van der Waals surface area contributed by atoms with Gasteiger partial charge in [-0.15, -0.1) is 0 Å². The SMILES string of the molecule is [2H]c1nc(C2CCCN(CC)C2)cn1[2H]. The first-order valence-corrected chi connectivity index (χ1v) is 4.98. The van der Waals surface area contributed by atoms with E-state index in [0.29, 0.717) is 5.92 Å². The molecular weight excluding hydrogens is 162 g/mol. The molecule has 1 atom stereocenters. The van der Waals surface area contributed by atoms with Crippen LogP contribution in [-0.2, 0) is 0 Å². The molecule has 1 aromatic rings. The molecule has 1 aliphatic heterocycles. The summed E-state index contributed by atoms with van der Waals surface area (Å²) in [6.45, 7) is 5.43. The molecular formula is C10H17N3. The summed E-state index contributed by atoms with van der Waals surface area (Å²) in [7, 11) is 0. The number of piperidine rings is 1. The Labute approximate surface area is 82.0 Å². The summed E-state index contributed by atoms with van der Waals surface area (Å²) in [6, 6.07) is 0. The third kappa shape index (κ3) is 1.91. The number of likely N-dealkylation sites (tertiary alicyclic amines) is 1. The number of hydrogen-bond acceptors (Lipinski definition) is 2. The van der Waals surface area contributed by atoms with Crippen molar-refractivity contribution in [3.05, 3.63) is 18.2 Å². The van der Waals surface area contributed by atoms with Crippen molar-refractivity contribution >= 4 is 0 Å². The Kier molecular flexibility index (Phi) is 1.99. The van der Waals surface area contributed by atoms with Crippen LogP contribution in [0.25, 0.3) is 0 Å². The number of hydrogen-bond donors (Lipinski definition) is 1. The third-order valence-corrected chi connectivity index (χ3v) is 2.80. The van der Waals surface area contributed by atoms with Gasteiger partial charge in [-0.2, -0.15) is 0 Å². The lowest BCUT2D eigenvalue weighted by molar-refractivity contribution is 0.216. The van der Waals surface area contributed by atoms with Crippen LogP contribution in [0, 0.1) is 0 Å². The average molecular weight is 181 g/mol. The quantitative estimate of drug-likeness (QED) is 0.751. The van der Waals surface area contributed by atoms with Crippen LogP contribution in [0.15, 0.2) is 12.5 Å². The molecule has 3 heteroatoms. The van der Waals surface area contributed by atoms with Crippen LogP contribution >= 0.6 is 0 Å². The number of likely N-dealkylation sites (N-methyl/N-ethyl adjacent to an activating group) is 1. The van der Waals surface area contributed by atoms with Gasteiger partial charge in [-0.3, -0.25) is 0 Å². The van der Waals surface area contributed by atoms with Crippen LogP contribution in [0.1, 0.15) is 32.7 Å². The minimum absolute atomic E-state index is 0.0404. The number of nitrogens with zero attached hydrogens (tertiary/aromatic N) is 2. The minimum Gasteiger partial charge on any atom is -0.351 e. The van der Waals surface area contributed by atoms with E-state index in [0.717, 1.165) is 30.2 Å². The normalized spacial score (nSPS) is 27.0. The third-order valence-electron chi connectivity index (χ3n) is 2.80. The highest BCUT2D eigenvalue weighted by Gasteiger charge is 2.21. The van der Waals surface area contributed by atoms with E-state index in [9.17, 15) is 0 Å². The molecule has 0 aliphatic carbocycles. The molecule has 13 heavy (non-hydrogen) atoms. The zero-order chi connectivity index (χ0) is 10.8. The molecule has 2 heterocycles. The van der Waals surface area contributed by atoms with E-state index >= 15 is 0 Å². The van der Waals surface area contributed by atoms with E-state index in [-0.39, 0.29) is 6.30 Å². The Morgan fingerprint density at radius 3 is 3.54 bits per heavy atom. The van der Waals surface area contributed by atoms with Crippen molar-refractivity contribution in [2.45, 2.75) is 25.7 Å². The zero-order valence-corrected chi connectivity index (χ0v) is 8.03. The van der Waals surface area contributed by atoms with Gasteiger partial charge in [-0.25, -0.2) is 4.98 Å². The molecule has 1 aromatic heterocycles. The van der Waals surface area contributed by atoms with E-state index in [2.05, 4.69) is 16.8 Å². The molecule has 1 saturated heterocycles. The van der Waals surface area contributed by atoms with Crippen molar-refractivity contribution in [1.82, 2.24) is 14.9 Å². The standard InChI is InChI=1S/C10H17N3/c1-2-13-5-3-4-9(7-13)10-6-11-8-12-10/h6,8-9H,2-5,7H2,1H3,(H,11,12)/i8D/hD. The lowest BCUT2D eigenvalue weighted by atomic mass is 9.95. The molecule has 0 bridgehead atoms. The molecule has 0 aromatic carbocycles. The Hall–Kier alpha value is -0.830. The molecule has 0 saturated carbocycles. The Morgan fingerprint density at radius 1 is 1.92 bits per heavy atom. The average Bonchev–Trinajstić information content (AvgIpc) is 2.59. The van der Waals surface area contributed by atoms with Crippen molar-refractivity contribution < 1.29 is 2.78 Å². The molecule has 72 valence electrons. The van der Waals surface area contributed by atoms with Gasteiger partial charge in [0, 0.05) is 18.7 Å². The summed E-state index contributed by atoms with van der Waals surface area (Å²) in [4.78, 5) is 7.56. The first-order chi connectivity index (χ1) is 7.20. The second-order valence-corrected chi connectivity index (χ2v) is 3.63. The number of aromatic amines is 1. The summed E-state index contributed by atoms with van der Waals surface area (Å²) in [5.74, 6) is 0.411. The summed E-state index contributed by atoms with van der Waals surface area (Å²) < 4.78 is 14.8. The molecule has 1 unspecified atom stereocenters. The maximum absolute atomic E-state index is 7.41. The number of nitrogens with one attached hydrogen (secondary N) is 1. The zero-order valence-electron chi connectivity index (χ0n) is 10.0. The van der Waals surface area contributed by atoms with Crippen LogP contribution in [-0.4, -0.2) is 34.5 Å². The predicted molar refractivity (Wildman–Crippen MR) is 52.7 cm³/mol. The summed E-state index contributed by atoms with van der Waals surface area (Å²) >= 11 is 0. The van der Waals surface area contributed by atoms with Gasteiger partial charge in [0.25, 0.3) is 0 Å². The topological polar surface area (TPSA) is 31.9 Å². The van der Waals surface area contributed by atoms with Gasteiger partial charge >= 0.3 is 0 Å². The van der Waals surface area contributed by atoms with Gasteiger partial charge in [-0.05, 0) is 25.9 Å². The Morgan fingerprint density at radius 2 is 2.85 bits per heavy atom. The highest BCUT2D eigenvalue weighted by atomic mass is 15.1. The van der Waals surface area contributed by atoms with Crippen molar-refractivity contribution in [1.29, 1.82) is 0 Å². The van der Waals surface area contributed by atoms with E-state index in [1.807, 2.05) is 0 Å². The molecule has 1 N–H and O–H groups in total. The van der Waals surface area contributed by atoms with Gasteiger partial charge in [0.2, 0.25) is 0 Å². The fraction of sp³-hybridized carbons (Fsp3) is 0.700. The first kappa shape index (κ1) is 6.60. The molecule has 1 fully saturated rings. The van der Waals surface area contributed by atoms with Crippen LogP contribution < -0.4 is 0 Å². The summed E-state index contributed by atoms with van der Waals surface area (Å²) in [5.41, 5.74) is 0.910. The fourth-order valence-corrected chi connectivity index (χ4v) is 1.99. The second kappa shape index (κ2) is 3.92. The van der Waals surface area contributed by atoms with Crippen molar-refractivity contribution in [3.63, 3.8) is 0 Å². The van der Waals surface area contributed by atoms with Crippen LogP contribution in [0.5, 0.6) is 0 Å². The van der Waals surface area contributed by atoms with Gasteiger partial charge in [-0.1, -0.05) is 6.92 Å². The number of imidazole rings is 1. The lowest BCUT2D eigenvalue weighted by Crippen LogP contribution is -2.34. The van der Waals surface area contributed by atoms with Gasteiger partial charge in [0.1, 0.15) is 1.37 Å². The van der Waals surface area contributed by atoms with Crippen LogP contribution in [0.2, 0.25) is 1.41 Å². The first-order valence-electron chi connectivity index (χ1n) is 5.93. The van der Waals surface area contributed by atoms with E-state index in [4.69, 9.17) is 2.78 Å². The molecule has 1 aliphatic rings. The monoisotopic (exact) mass is 181 g/mol. The van der Waals surface area contributed by atoms with Gasteiger partial charge in [0.15, 0.2) is 1.41 Å². The minimum atomic E-state index is 0.0404. The Bertz CT molecular complexity index is 318. The summed E-state index contributed by atoms with van der Waals surface area (Å²) in [5, 5.41) is 0. The molecule has 0 radical (unpaired) electrons. The maximum Gasteiger partial charge on any atom is 0.167 e. The van der Waals surface area contributed by atoms with Crippen molar-refractivity contribution in [2.75, 3.05) is 19.6 Å². The van der Waals surface area contributed by atoms with Crippen molar-refractivity contribution in [3.8, 4) is 0 Å². The molecule has 0 amide bonds. The molecule has 3 nitrogen and oxygen atoms in total. The lowest BCUT2D eigenvalue weighted by Gasteiger charge is -2.30. The fourth-order valence-electron chi connectivity index (χ4n) is 1.99. The van der Waals surface area contributed by atoms with Crippen molar-refractivity contribution in [2.24, 2.45) is 0 Å². The largest absolute Gasteiger partial charge is 0.351 e. The molecule has 0 spiro atoms. The van der Waals surface area contributed by atoms with E-state index in [1.54, 1.807) is 6.20 Å². The number of H-pyrrole nitrogens is 1. The highest BCUT2D eigenvalue weighted by molar-refractivity contribution is 5.05. The summed E-state index contributed by atoms with van der Waals surface area (Å²) in [6.07, 6.45) is 4.04. The smallest absolute Gasteiger partial charge is 0.167 e.